The van der Waals surface area contributed by atoms with E-state index in [4.69, 9.17) is 14.9 Å². The lowest BCUT2D eigenvalue weighted by molar-refractivity contribution is -0.209. The summed E-state index contributed by atoms with van der Waals surface area (Å²) in [6.07, 6.45) is 6.81. The van der Waals surface area contributed by atoms with Crippen molar-refractivity contribution in [1.29, 1.82) is 0 Å². The molecule has 4 rings (SSSR count). The van der Waals surface area contributed by atoms with Gasteiger partial charge in [0.25, 0.3) is 0 Å². The van der Waals surface area contributed by atoms with Crippen LogP contribution in [0.15, 0.2) is 0 Å². The first kappa shape index (κ1) is 24.4. The van der Waals surface area contributed by atoms with E-state index in [1.807, 2.05) is 0 Å². The summed E-state index contributed by atoms with van der Waals surface area (Å²) in [5.41, 5.74) is -0.136. The van der Waals surface area contributed by atoms with Gasteiger partial charge in [-0.3, -0.25) is 4.79 Å². The molecule has 0 aromatic heterocycles. The van der Waals surface area contributed by atoms with Gasteiger partial charge in [-0.25, -0.2) is 0 Å². The fraction of sp³-hybridized carbons (Fsp3) is 0.962. The lowest BCUT2D eigenvalue weighted by atomic mass is 9.43. The van der Waals surface area contributed by atoms with Gasteiger partial charge in [-0.05, 0) is 97.7 Å². The number of ether oxygens (including phenoxy) is 1. The number of hydrogen-bond donors (Lipinski definition) is 4. The number of carboxylic acids is 1. The van der Waals surface area contributed by atoms with Crippen LogP contribution in [0.2, 0.25) is 0 Å². The Morgan fingerprint density at radius 2 is 1.84 bits per heavy atom. The van der Waals surface area contributed by atoms with Crippen LogP contribution in [-0.2, 0) is 9.53 Å². The quantitative estimate of drug-likeness (QED) is 0.471. The Hall–Kier alpha value is -0.690. The van der Waals surface area contributed by atoms with Crippen LogP contribution in [0, 0.1) is 46.3 Å². The molecule has 11 atom stereocenters. The molecule has 0 spiro atoms. The highest BCUT2D eigenvalue weighted by Gasteiger charge is 2.65. The Labute approximate surface area is 192 Å². The SMILES string of the molecule is C[C@H](CCC(=O)O)[C@H]1CC[C@H]2[C@@H]3[C@H](O)C[C@H]4C[C@@H](OCCO)CC[C@]4(C)[C@H]3C[C@H](O)[C@]12C. The highest BCUT2D eigenvalue weighted by molar-refractivity contribution is 5.66. The average molecular weight is 453 g/mol. The van der Waals surface area contributed by atoms with Gasteiger partial charge in [-0.2, -0.15) is 0 Å². The Morgan fingerprint density at radius 1 is 1.09 bits per heavy atom. The van der Waals surface area contributed by atoms with Crippen molar-refractivity contribution in [2.24, 2.45) is 46.3 Å². The topological polar surface area (TPSA) is 107 Å². The smallest absolute Gasteiger partial charge is 0.303 e. The van der Waals surface area contributed by atoms with Crippen LogP contribution in [0.1, 0.15) is 78.6 Å². The molecule has 0 bridgehead atoms. The fourth-order valence-electron chi connectivity index (χ4n) is 9.04. The summed E-state index contributed by atoms with van der Waals surface area (Å²) < 4.78 is 5.86. The molecule has 0 saturated heterocycles. The van der Waals surface area contributed by atoms with E-state index in [-0.39, 0.29) is 47.9 Å². The van der Waals surface area contributed by atoms with Crippen LogP contribution >= 0.6 is 0 Å². The first-order valence-electron chi connectivity index (χ1n) is 12.9. The van der Waals surface area contributed by atoms with Gasteiger partial charge in [0.05, 0.1) is 31.5 Å². The summed E-state index contributed by atoms with van der Waals surface area (Å²) in [7, 11) is 0. The van der Waals surface area contributed by atoms with Crippen molar-refractivity contribution in [2.75, 3.05) is 13.2 Å². The third-order valence-electron chi connectivity index (χ3n) is 10.8. The van der Waals surface area contributed by atoms with Gasteiger partial charge in [0.1, 0.15) is 0 Å². The van der Waals surface area contributed by atoms with Gasteiger partial charge >= 0.3 is 5.97 Å². The molecule has 0 aromatic carbocycles. The molecule has 4 aliphatic rings. The van der Waals surface area contributed by atoms with Crippen molar-refractivity contribution < 1.29 is 30.0 Å². The number of fused-ring (bicyclic) bond motifs is 5. The summed E-state index contributed by atoms with van der Waals surface area (Å²) in [6, 6.07) is 0. The second-order valence-corrected chi connectivity index (χ2v) is 12.0. The predicted octanol–water partition coefficient (Wildman–Crippen LogP) is 3.47. The zero-order valence-corrected chi connectivity index (χ0v) is 20.1. The largest absolute Gasteiger partial charge is 0.481 e. The Bertz CT molecular complexity index is 683. The van der Waals surface area contributed by atoms with Gasteiger partial charge in [-0.15, -0.1) is 0 Å². The number of carbonyl (C=O) groups is 1. The second kappa shape index (κ2) is 9.16. The molecule has 4 aliphatic carbocycles. The summed E-state index contributed by atoms with van der Waals surface area (Å²) in [6.45, 7) is 7.20. The molecule has 0 aromatic rings. The molecule has 0 amide bonds. The molecule has 4 fully saturated rings. The molecule has 6 nitrogen and oxygen atoms in total. The normalized spacial score (nSPS) is 49.1. The van der Waals surface area contributed by atoms with E-state index in [1.54, 1.807) is 0 Å². The van der Waals surface area contributed by atoms with E-state index < -0.39 is 12.1 Å². The van der Waals surface area contributed by atoms with Crippen molar-refractivity contribution >= 4 is 5.97 Å². The monoisotopic (exact) mass is 452 g/mol. The zero-order valence-electron chi connectivity index (χ0n) is 20.1. The molecule has 6 heteroatoms. The Morgan fingerprint density at radius 3 is 2.53 bits per heavy atom. The summed E-state index contributed by atoms with van der Waals surface area (Å²) in [5, 5.41) is 41.3. The van der Waals surface area contributed by atoms with Crippen LogP contribution in [-0.4, -0.2) is 57.9 Å². The Balaban J connectivity index is 1.54. The van der Waals surface area contributed by atoms with Gasteiger partial charge in [0.15, 0.2) is 0 Å². The minimum atomic E-state index is -0.749. The lowest BCUT2D eigenvalue weighted by Gasteiger charge is -2.63. The average Bonchev–Trinajstić information content (AvgIpc) is 3.10. The highest BCUT2D eigenvalue weighted by Crippen LogP contribution is 2.68. The van der Waals surface area contributed by atoms with Crippen molar-refractivity contribution in [2.45, 2.75) is 96.9 Å². The number of carboxylic acid groups (broad SMARTS) is 1. The highest BCUT2D eigenvalue weighted by atomic mass is 16.5. The first-order chi connectivity index (χ1) is 15.1. The maximum absolute atomic E-state index is 11.6. The number of aliphatic hydroxyl groups excluding tert-OH is 3. The van der Waals surface area contributed by atoms with Crippen molar-refractivity contribution in [1.82, 2.24) is 0 Å². The van der Waals surface area contributed by atoms with Crippen LogP contribution in [0.5, 0.6) is 0 Å². The van der Waals surface area contributed by atoms with E-state index >= 15 is 0 Å². The molecule has 4 N–H and O–H groups in total. The van der Waals surface area contributed by atoms with E-state index in [1.165, 1.54) is 0 Å². The molecule has 0 heterocycles. The fourth-order valence-corrected chi connectivity index (χ4v) is 9.04. The molecule has 0 aliphatic heterocycles. The predicted molar refractivity (Wildman–Crippen MR) is 121 cm³/mol. The van der Waals surface area contributed by atoms with Crippen molar-refractivity contribution in [3.8, 4) is 0 Å². The molecule has 32 heavy (non-hydrogen) atoms. The summed E-state index contributed by atoms with van der Waals surface area (Å²) in [4.78, 5) is 11.1. The van der Waals surface area contributed by atoms with Crippen LogP contribution in [0.3, 0.4) is 0 Å². The summed E-state index contributed by atoms with van der Waals surface area (Å²) in [5.74, 6) is 1.04. The maximum Gasteiger partial charge on any atom is 0.303 e. The minimum Gasteiger partial charge on any atom is -0.481 e. The van der Waals surface area contributed by atoms with Gasteiger partial charge in [0, 0.05) is 6.42 Å². The number of hydrogen-bond acceptors (Lipinski definition) is 5. The van der Waals surface area contributed by atoms with E-state index in [9.17, 15) is 15.0 Å². The summed E-state index contributed by atoms with van der Waals surface area (Å²) >= 11 is 0. The van der Waals surface area contributed by atoms with Gasteiger partial charge in [-0.1, -0.05) is 20.8 Å². The van der Waals surface area contributed by atoms with Crippen molar-refractivity contribution in [3.63, 3.8) is 0 Å². The molecule has 0 radical (unpaired) electrons. The maximum atomic E-state index is 11.6. The van der Waals surface area contributed by atoms with E-state index in [2.05, 4.69) is 20.8 Å². The minimum absolute atomic E-state index is 0.0459. The number of aliphatic carboxylic acids is 1. The third kappa shape index (κ3) is 3.93. The number of rotatable bonds is 7. The van der Waals surface area contributed by atoms with E-state index in [0.717, 1.165) is 44.9 Å². The molecular formula is C26H44O6. The second-order valence-electron chi connectivity index (χ2n) is 12.0. The van der Waals surface area contributed by atoms with Gasteiger partial charge in [0.2, 0.25) is 0 Å². The zero-order chi connectivity index (χ0) is 23.3. The van der Waals surface area contributed by atoms with Crippen molar-refractivity contribution in [3.05, 3.63) is 0 Å². The third-order valence-corrected chi connectivity index (χ3v) is 10.8. The molecule has 184 valence electrons. The first-order valence-corrected chi connectivity index (χ1v) is 12.9. The lowest BCUT2D eigenvalue weighted by Crippen LogP contribution is -2.62. The molecule has 4 saturated carbocycles. The van der Waals surface area contributed by atoms with Crippen LogP contribution in [0.4, 0.5) is 0 Å². The van der Waals surface area contributed by atoms with E-state index in [0.29, 0.717) is 36.7 Å². The number of aliphatic hydroxyl groups is 3. The standard InChI is InChI=1S/C26H44O6/c1-15(4-7-23(30)31)18-5-6-19-24-20(14-22(29)26(18,19)3)25(2)9-8-17(32-11-10-27)12-16(25)13-21(24)28/h15-22,24,27-29H,4-14H2,1-3H3,(H,30,31)/t15-,16-,17+,18-,19+,20+,21-,22+,24+,25+,26-/m1/s1. The Kier molecular flexibility index (Phi) is 7.00. The molecular weight excluding hydrogens is 408 g/mol. The molecule has 0 unspecified atom stereocenters. The van der Waals surface area contributed by atoms with Crippen LogP contribution < -0.4 is 0 Å². The van der Waals surface area contributed by atoms with Crippen LogP contribution in [0.25, 0.3) is 0 Å². The van der Waals surface area contributed by atoms with Gasteiger partial charge < -0.3 is 25.2 Å².